The molecule has 0 saturated carbocycles. The van der Waals surface area contributed by atoms with Gasteiger partial charge in [-0.25, -0.2) is 0 Å². The quantitative estimate of drug-likeness (QED) is 0.702. The Morgan fingerprint density at radius 3 is 1.71 bits per heavy atom. The van der Waals surface area contributed by atoms with E-state index in [1.54, 1.807) is 0 Å². The molecule has 2 aromatic rings. The Bertz CT molecular complexity index is 472. The lowest BCUT2D eigenvalue weighted by atomic mass is 10.3. The maximum atomic E-state index is 2.44. The molecule has 0 radical (unpaired) electrons. The van der Waals surface area contributed by atoms with Gasteiger partial charge in [0.15, 0.2) is 0 Å². The topological polar surface area (TPSA) is 3.24 Å². The van der Waals surface area contributed by atoms with Gasteiger partial charge in [-0.15, -0.1) is 0 Å². The summed E-state index contributed by atoms with van der Waals surface area (Å²) in [6.07, 6.45) is 1.22. The highest BCUT2D eigenvalue weighted by Crippen LogP contribution is 2.41. The maximum Gasteiger partial charge on any atom is 0.00519 e. The molecule has 112 valence electrons. The first kappa shape index (κ1) is 16.2. The minimum atomic E-state index is -0.294. The SMILES string of the molecule is CCC(CN(C)CC)P(c1ccccc1)c1ccccc1. The average molecular weight is 299 g/mol. The van der Waals surface area contributed by atoms with Gasteiger partial charge >= 0.3 is 0 Å². The van der Waals surface area contributed by atoms with E-state index in [4.69, 9.17) is 0 Å². The Kier molecular flexibility index (Phi) is 6.42. The molecule has 1 nitrogen and oxygen atoms in total. The molecule has 0 aliphatic rings. The summed E-state index contributed by atoms with van der Waals surface area (Å²) in [7, 11) is 1.93. The fourth-order valence-electron chi connectivity index (χ4n) is 2.63. The molecular weight excluding hydrogens is 273 g/mol. The molecule has 0 aliphatic carbocycles. The molecule has 0 N–H and O–H groups in total. The second-order valence-corrected chi connectivity index (χ2v) is 7.96. The zero-order chi connectivity index (χ0) is 15.1. The maximum absolute atomic E-state index is 2.44. The number of hydrogen-bond donors (Lipinski definition) is 0. The van der Waals surface area contributed by atoms with Crippen LogP contribution in [-0.2, 0) is 0 Å². The summed E-state index contributed by atoms with van der Waals surface area (Å²) in [6.45, 7) is 6.85. The molecule has 2 heteroatoms. The Morgan fingerprint density at radius 1 is 0.857 bits per heavy atom. The number of nitrogens with zero attached hydrogens (tertiary/aromatic N) is 1. The largest absolute Gasteiger partial charge is 0.306 e. The van der Waals surface area contributed by atoms with Gasteiger partial charge in [-0.2, -0.15) is 0 Å². The van der Waals surface area contributed by atoms with Crippen molar-refractivity contribution in [3.63, 3.8) is 0 Å². The van der Waals surface area contributed by atoms with E-state index < -0.39 is 0 Å². The van der Waals surface area contributed by atoms with Crippen molar-refractivity contribution in [3.8, 4) is 0 Å². The second-order valence-electron chi connectivity index (χ2n) is 5.46. The van der Waals surface area contributed by atoms with Gasteiger partial charge in [0.05, 0.1) is 0 Å². The fraction of sp³-hybridized carbons (Fsp3) is 0.368. The molecule has 0 fully saturated rings. The molecule has 2 aromatic carbocycles. The van der Waals surface area contributed by atoms with E-state index in [-0.39, 0.29) is 7.92 Å². The predicted octanol–water partition coefficient (Wildman–Crippen LogP) is 3.85. The van der Waals surface area contributed by atoms with Gasteiger partial charge in [0.25, 0.3) is 0 Å². The van der Waals surface area contributed by atoms with Crippen LogP contribution in [0.1, 0.15) is 20.3 Å². The summed E-state index contributed by atoms with van der Waals surface area (Å²) < 4.78 is 0. The minimum Gasteiger partial charge on any atom is -0.306 e. The van der Waals surface area contributed by atoms with Crippen LogP contribution in [0, 0.1) is 0 Å². The van der Waals surface area contributed by atoms with Crippen molar-refractivity contribution >= 4 is 18.5 Å². The zero-order valence-electron chi connectivity index (χ0n) is 13.4. The van der Waals surface area contributed by atoms with E-state index >= 15 is 0 Å². The summed E-state index contributed by atoms with van der Waals surface area (Å²) >= 11 is 0. The monoisotopic (exact) mass is 299 g/mol. The minimum absolute atomic E-state index is 0.294. The van der Waals surface area contributed by atoms with Crippen LogP contribution in [0.3, 0.4) is 0 Å². The van der Waals surface area contributed by atoms with Gasteiger partial charge in [-0.05, 0) is 44.2 Å². The first-order valence-electron chi connectivity index (χ1n) is 7.84. The smallest absolute Gasteiger partial charge is 0.00519 e. The van der Waals surface area contributed by atoms with Gasteiger partial charge in [0.1, 0.15) is 0 Å². The van der Waals surface area contributed by atoms with E-state index in [0.717, 1.165) is 6.54 Å². The summed E-state index contributed by atoms with van der Waals surface area (Å²) in [4.78, 5) is 2.44. The molecule has 0 bridgehead atoms. The van der Waals surface area contributed by atoms with Crippen molar-refractivity contribution in [1.29, 1.82) is 0 Å². The van der Waals surface area contributed by atoms with Crippen LogP contribution in [0.4, 0.5) is 0 Å². The molecule has 2 rings (SSSR count). The van der Waals surface area contributed by atoms with E-state index in [9.17, 15) is 0 Å². The highest BCUT2D eigenvalue weighted by molar-refractivity contribution is 7.73. The molecular formula is C19H26NP. The van der Waals surface area contributed by atoms with Crippen molar-refractivity contribution in [2.75, 3.05) is 20.1 Å². The van der Waals surface area contributed by atoms with Crippen LogP contribution in [-0.4, -0.2) is 30.7 Å². The van der Waals surface area contributed by atoms with Crippen LogP contribution in [0.15, 0.2) is 60.7 Å². The molecule has 0 heterocycles. The van der Waals surface area contributed by atoms with Gasteiger partial charge < -0.3 is 4.90 Å². The van der Waals surface area contributed by atoms with Gasteiger partial charge in [-0.1, -0.05) is 74.5 Å². The first-order chi connectivity index (χ1) is 10.3. The van der Waals surface area contributed by atoms with Crippen LogP contribution in [0.2, 0.25) is 0 Å². The van der Waals surface area contributed by atoms with Crippen LogP contribution >= 0.6 is 7.92 Å². The van der Waals surface area contributed by atoms with Crippen molar-refractivity contribution in [3.05, 3.63) is 60.7 Å². The molecule has 0 saturated heterocycles. The number of benzene rings is 2. The Hall–Kier alpha value is -1.17. The van der Waals surface area contributed by atoms with E-state index in [2.05, 4.69) is 86.5 Å². The predicted molar refractivity (Wildman–Crippen MR) is 96.3 cm³/mol. The lowest BCUT2D eigenvalue weighted by Crippen LogP contribution is -2.32. The molecule has 21 heavy (non-hydrogen) atoms. The molecule has 0 aliphatic heterocycles. The van der Waals surface area contributed by atoms with Gasteiger partial charge in [0, 0.05) is 6.54 Å². The molecule has 0 spiro atoms. The second kappa shape index (κ2) is 8.32. The third-order valence-electron chi connectivity index (χ3n) is 3.97. The summed E-state index contributed by atoms with van der Waals surface area (Å²) in [5.41, 5.74) is 0.703. The van der Waals surface area contributed by atoms with E-state index in [0.29, 0.717) is 5.66 Å². The summed E-state index contributed by atoms with van der Waals surface area (Å²) in [5, 5.41) is 2.99. The highest BCUT2D eigenvalue weighted by atomic mass is 31.1. The fourth-order valence-corrected chi connectivity index (χ4v) is 5.57. The van der Waals surface area contributed by atoms with Crippen molar-refractivity contribution in [2.24, 2.45) is 0 Å². The molecule has 0 amide bonds. The molecule has 1 unspecified atom stereocenters. The van der Waals surface area contributed by atoms with Crippen molar-refractivity contribution in [2.45, 2.75) is 25.9 Å². The number of hydrogen-bond acceptors (Lipinski definition) is 1. The normalized spacial score (nSPS) is 12.8. The van der Waals surface area contributed by atoms with Crippen molar-refractivity contribution < 1.29 is 0 Å². The lowest BCUT2D eigenvalue weighted by molar-refractivity contribution is 0.349. The van der Waals surface area contributed by atoms with Gasteiger partial charge in [-0.3, -0.25) is 0 Å². The molecule has 1 atom stereocenters. The molecule has 0 aromatic heterocycles. The third-order valence-corrected chi connectivity index (χ3v) is 6.94. The third kappa shape index (κ3) is 4.40. The average Bonchev–Trinajstić information content (AvgIpc) is 2.56. The first-order valence-corrected chi connectivity index (χ1v) is 9.25. The van der Waals surface area contributed by atoms with Crippen LogP contribution in [0.25, 0.3) is 0 Å². The van der Waals surface area contributed by atoms with E-state index in [1.807, 2.05) is 0 Å². The van der Waals surface area contributed by atoms with Crippen molar-refractivity contribution in [1.82, 2.24) is 4.90 Å². The number of rotatable bonds is 7. The van der Waals surface area contributed by atoms with E-state index in [1.165, 1.54) is 23.6 Å². The summed E-state index contributed by atoms with van der Waals surface area (Å²) in [6, 6.07) is 22.1. The summed E-state index contributed by atoms with van der Waals surface area (Å²) in [5.74, 6) is 0. The Morgan fingerprint density at radius 2 is 1.33 bits per heavy atom. The standard InChI is InChI=1S/C19H26NP/c1-4-17(16-20(3)5-2)21(18-12-8-6-9-13-18)19-14-10-7-11-15-19/h6-15,17H,4-5,16H2,1-3H3. The zero-order valence-corrected chi connectivity index (χ0v) is 14.3. The van der Waals surface area contributed by atoms with Gasteiger partial charge in [0.2, 0.25) is 0 Å². The van der Waals surface area contributed by atoms with Crippen LogP contribution < -0.4 is 10.6 Å². The Labute approximate surface area is 130 Å². The Balaban J connectivity index is 2.35. The highest BCUT2D eigenvalue weighted by Gasteiger charge is 2.23. The van der Waals surface area contributed by atoms with Crippen LogP contribution in [0.5, 0.6) is 0 Å². The lowest BCUT2D eigenvalue weighted by Gasteiger charge is -2.31.